The van der Waals surface area contributed by atoms with E-state index in [1.165, 1.54) is 0 Å². The lowest BCUT2D eigenvalue weighted by Gasteiger charge is -2.26. The molecule has 2 atom stereocenters. The zero-order valence-corrected chi connectivity index (χ0v) is 20.4. The van der Waals surface area contributed by atoms with E-state index in [9.17, 15) is 4.79 Å². The highest BCUT2D eigenvalue weighted by Gasteiger charge is 2.25. The number of likely N-dealkylation sites (N-methyl/N-ethyl adjacent to an activating group) is 1. The van der Waals surface area contributed by atoms with Crippen molar-refractivity contribution < 1.29 is 14.3 Å². The number of halogens is 2. The minimum Gasteiger partial charge on any atom is -0.493 e. The number of ether oxygens (including phenoxy) is 2. The van der Waals surface area contributed by atoms with Crippen molar-refractivity contribution in [2.24, 2.45) is 0 Å². The maximum atomic E-state index is 12.8. The largest absolute Gasteiger partial charge is 0.493 e. The standard InChI is InChI=1S/C26H28Cl2N2O3/c1-29-26(31)25(18-7-12-21(28)13-8-18)30-22(14-6-17-4-10-20(27)11-5-17)19-9-15-23(32-2)24(16-19)33-3/h4-5,7-13,15-16,22,25,30H,6,14H2,1-3H3,(H,29,31)/t22-,25?/m0/s1. The van der Waals surface area contributed by atoms with Gasteiger partial charge in [-0.3, -0.25) is 10.1 Å². The summed E-state index contributed by atoms with van der Waals surface area (Å²) in [5.41, 5.74) is 2.98. The molecule has 0 aliphatic carbocycles. The first-order valence-electron chi connectivity index (χ1n) is 10.6. The second kappa shape index (κ2) is 11.9. The lowest BCUT2D eigenvalue weighted by atomic mass is 9.96. The normalized spacial score (nSPS) is 12.6. The van der Waals surface area contributed by atoms with E-state index in [1.54, 1.807) is 33.4 Å². The number of benzene rings is 3. The monoisotopic (exact) mass is 486 g/mol. The van der Waals surface area contributed by atoms with Crippen molar-refractivity contribution in [2.75, 3.05) is 21.3 Å². The van der Waals surface area contributed by atoms with Gasteiger partial charge in [-0.1, -0.05) is 53.5 Å². The Morgan fingerprint density at radius 2 is 1.42 bits per heavy atom. The zero-order valence-electron chi connectivity index (χ0n) is 18.9. The lowest BCUT2D eigenvalue weighted by Crippen LogP contribution is -2.38. The first-order valence-corrected chi connectivity index (χ1v) is 11.4. The van der Waals surface area contributed by atoms with Gasteiger partial charge in [-0.15, -0.1) is 0 Å². The van der Waals surface area contributed by atoms with Crippen LogP contribution < -0.4 is 20.1 Å². The van der Waals surface area contributed by atoms with Gasteiger partial charge in [0.25, 0.3) is 0 Å². The second-order valence-electron chi connectivity index (χ2n) is 7.60. The van der Waals surface area contributed by atoms with Gasteiger partial charge in [0.1, 0.15) is 6.04 Å². The highest BCUT2D eigenvalue weighted by atomic mass is 35.5. The van der Waals surface area contributed by atoms with Crippen LogP contribution in [0.4, 0.5) is 0 Å². The van der Waals surface area contributed by atoms with Gasteiger partial charge >= 0.3 is 0 Å². The van der Waals surface area contributed by atoms with Gasteiger partial charge in [0, 0.05) is 23.1 Å². The number of rotatable bonds is 10. The number of hydrogen-bond donors (Lipinski definition) is 2. The molecule has 0 saturated heterocycles. The molecular weight excluding hydrogens is 459 g/mol. The van der Waals surface area contributed by atoms with Crippen molar-refractivity contribution in [3.05, 3.63) is 93.5 Å². The molecule has 0 aromatic heterocycles. The smallest absolute Gasteiger partial charge is 0.241 e. The molecule has 3 aromatic carbocycles. The van der Waals surface area contributed by atoms with Crippen LogP contribution in [0, 0.1) is 0 Å². The van der Waals surface area contributed by atoms with E-state index in [4.69, 9.17) is 32.7 Å². The quantitative estimate of drug-likeness (QED) is 0.382. The molecule has 0 saturated carbocycles. The molecule has 1 unspecified atom stereocenters. The molecule has 0 spiro atoms. The summed E-state index contributed by atoms with van der Waals surface area (Å²) in [7, 11) is 4.85. The Morgan fingerprint density at radius 1 is 0.848 bits per heavy atom. The predicted molar refractivity (Wildman–Crippen MR) is 133 cm³/mol. The molecule has 7 heteroatoms. The van der Waals surface area contributed by atoms with Crippen molar-refractivity contribution >= 4 is 29.1 Å². The molecule has 5 nitrogen and oxygen atoms in total. The summed E-state index contributed by atoms with van der Waals surface area (Å²) >= 11 is 12.1. The van der Waals surface area contributed by atoms with E-state index in [-0.39, 0.29) is 11.9 Å². The number of nitrogens with one attached hydrogen (secondary N) is 2. The fourth-order valence-corrected chi connectivity index (χ4v) is 3.95. The van der Waals surface area contributed by atoms with E-state index < -0.39 is 6.04 Å². The van der Waals surface area contributed by atoms with Crippen LogP contribution in [0.1, 0.15) is 35.2 Å². The number of aryl methyl sites for hydroxylation is 1. The maximum absolute atomic E-state index is 12.8. The van der Waals surface area contributed by atoms with Crippen LogP contribution in [0.3, 0.4) is 0 Å². The Hall–Kier alpha value is -2.73. The zero-order chi connectivity index (χ0) is 23.8. The summed E-state index contributed by atoms with van der Waals surface area (Å²) in [5.74, 6) is 1.16. The molecule has 0 aliphatic heterocycles. The van der Waals surface area contributed by atoms with Gasteiger partial charge in [-0.05, 0) is 65.9 Å². The topological polar surface area (TPSA) is 59.6 Å². The summed E-state index contributed by atoms with van der Waals surface area (Å²) in [4.78, 5) is 12.8. The van der Waals surface area contributed by atoms with E-state index in [1.807, 2.05) is 54.6 Å². The van der Waals surface area contributed by atoms with Crippen molar-refractivity contribution in [1.82, 2.24) is 10.6 Å². The molecule has 3 aromatic rings. The van der Waals surface area contributed by atoms with Crippen LogP contribution in [0.15, 0.2) is 66.7 Å². The minimum absolute atomic E-state index is 0.130. The number of amides is 1. The van der Waals surface area contributed by atoms with Crippen LogP contribution in [-0.2, 0) is 11.2 Å². The predicted octanol–water partition coefficient (Wildman–Crippen LogP) is 5.76. The SMILES string of the molecule is CNC(=O)C(N[C@@H](CCc1ccc(Cl)cc1)c1ccc(OC)c(OC)c1)c1ccc(Cl)cc1. The van der Waals surface area contributed by atoms with Crippen molar-refractivity contribution in [3.63, 3.8) is 0 Å². The Labute approximate surface area is 205 Å². The number of hydrogen-bond acceptors (Lipinski definition) is 4. The van der Waals surface area contributed by atoms with E-state index in [0.717, 1.165) is 29.5 Å². The summed E-state index contributed by atoms with van der Waals surface area (Å²) in [5, 5.41) is 7.64. The summed E-state index contributed by atoms with van der Waals surface area (Å²) < 4.78 is 10.9. The first-order chi connectivity index (χ1) is 15.9. The lowest BCUT2D eigenvalue weighted by molar-refractivity contribution is -0.123. The van der Waals surface area contributed by atoms with Gasteiger partial charge in [-0.25, -0.2) is 0 Å². The highest BCUT2D eigenvalue weighted by molar-refractivity contribution is 6.30. The Bertz CT molecular complexity index is 1060. The number of carbonyl (C=O) groups excluding carboxylic acids is 1. The molecule has 33 heavy (non-hydrogen) atoms. The molecule has 0 radical (unpaired) electrons. The number of methoxy groups -OCH3 is 2. The van der Waals surface area contributed by atoms with E-state index in [2.05, 4.69) is 10.6 Å². The summed E-state index contributed by atoms with van der Waals surface area (Å²) in [6, 6.07) is 20.2. The van der Waals surface area contributed by atoms with Crippen LogP contribution in [-0.4, -0.2) is 27.2 Å². The van der Waals surface area contributed by atoms with E-state index >= 15 is 0 Å². The molecule has 0 bridgehead atoms. The van der Waals surface area contributed by atoms with Crippen LogP contribution in [0.2, 0.25) is 10.0 Å². The van der Waals surface area contributed by atoms with Crippen LogP contribution in [0.25, 0.3) is 0 Å². The Balaban J connectivity index is 1.94. The van der Waals surface area contributed by atoms with Crippen molar-refractivity contribution in [3.8, 4) is 11.5 Å². The Morgan fingerprint density at radius 3 is 2.00 bits per heavy atom. The molecule has 3 rings (SSSR count). The molecule has 0 heterocycles. The third kappa shape index (κ3) is 6.64. The number of carbonyl (C=O) groups is 1. The average Bonchev–Trinajstić information content (AvgIpc) is 2.85. The summed E-state index contributed by atoms with van der Waals surface area (Å²) in [6.45, 7) is 0. The molecule has 1 amide bonds. The maximum Gasteiger partial charge on any atom is 0.241 e. The van der Waals surface area contributed by atoms with Gasteiger partial charge in [0.15, 0.2) is 11.5 Å². The Kier molecular flexibility index (Phi) is 9.01. The molecule has 0 aliphatic rings. The van der Waals surface area contributed by atoms with Gasteiger partial charge in [-0.2, -0.15) is 0 Å². The molecular formula is C26H28Cl2N2O3. The van der Waals surface area contributed by atoms with Crippen LogP contribution in [0.5, 0.6) is 11.5 Å². The second-order valence-corrected chi connectivity index (χ2v) is 8.47. The average molecular weight is 487 g/mol. The van der Waals surface area contributed by atoms with Gasteiger partial charge in [0.2, 0.25) is 5.91 Å². The summed E-state index contributed by atoms with van der Waals surface area (Å²) in [6.07, 6.45) is 1.54. The van der Waals surface area contributed by atoms with Gasteiger partial charge < -0.3 is 14.8 Å². The van der Waals surface area contributed by atoms with E-state index in [0.29, 0.717) is 21.5 Å². The van der Waals surface area contributed by atoms with Crippen molar-refractivity contribution in [2.45, 2.75) is 24.9 Å². The fraction of sp³-hybridized carbons (Fsp3) is 0.269. The molecule has 174 valence electrons. The van der Waals surface area contributed by atoms with Crippen molar-refractivity contribution in [1.29, 1.82) is 0 Å². The van der Waals surface area contributed by atoms with Gasteiger partial charge in [0.05, 0.1) is 14.2 Å². The molecule has 0 fully saturated rings. The third-order valence-electron chi connectivity index (χ3n) is 5.52. The minimum atomic E-state index is -0.560. The highest BCUT2D eigenvalue weighted by Crippen LogP contribution is 2.33. The molecule has 2 N–H and O–H groups in total. The fourth-order valence-electron chi connectivity index (χ4n) is 3.70. The first kappa shape index (κ1) is 24.9. The third-order valence-corrected chi connectivity index (χ3v) is 6.03. The van der Waals surface area contributed by atoms with Crippen LogP contribution >= 0.6 is 23.2 Å².